The fourth-order valence-electron chi connectivity index (χ4n) is 1.85. The van der Waals surface area contributed by atoms with E-state index < -0.39 is 11.9 Å². The normalized spacial score (nSPS) is 12.3. The number of aromatic nitrogens is 1. The number of rotatable bonds is 5. The highest BCUT2D eigenvalue weighted by Crippen LogP contribution is 2.13. The van der Waals surface area contributed by atoms with Crippen molar-refractivity contribution in [2.45, 2.75) is 13.3 Å². The molecule has 0 fully saturated rings. The standard InChI is InChI=1S/C14H16N2O3/c1-9(14(18)19)6-7-15-12-8-10-4-2-3-5-11(10)13(17)16-12/h2-5,8-9H,6-7H2,1H3,(H,18,19)(H2,15,16,17). The molecular formula is C14H16N2O3. The van der Waals surface area contributed by atoms with Crippen LogP contribution in [0.5, 0.6) is 0 Å². The van der Waals surface area contributed by atoms with Gasteiger partial charge < -0.3 is 15.4 Å². The highest BCUT2D eigenvalue weighted by molar-refractivity contribution is 5.83. The summed E-state index contributed by atoms with van der Waals surface area (Å²) >= 11 is 0. The molecule has 0 amide bonds. The van der Waals surface area contributed by atoms with E-state index in [2.05, 4.69) is 10.3 Å². The van der Waals surface area contributed by atoms with Gasteiger partial charge in [-0.15, -0.1) is 0 Å². The number of fused-ring (bicyclic) bond motifs is 1. The molecule has 0 saturated carbocycles. The minimum atomic E-state index is -0.811. The summed E-state index contributed by atoms with van der Waals surface area (Å²) in [7, 11) is 0. The van der Waals surface area contributed by atoms with Crippen LogP contribution in [0.2, 0.25) is 0 Å². The van der Waals surface area contributed by atoms with Crippen molar-refractivity contribution < 1.29 is 9.90 Å². The van der Waals surface area contributed by atoms with E-state index in [9.17, 15) is 9.59 Å². The summed E-state index contributed by atoms with van der Waals surface area (Å²) in [5.41, 5.74) is -0.146. The first-order valence-electron chi connectivity index (χ1n) is 6.16. The maximum absolute atomic E-state index is 11.8. The zero-order valence-electron chi connectivity index (χ0n) is 10.6. The summed E-state index contributed by atoms with van der Waals surface area (Å²) in [6, 6.07) is 9.18. The Hall–Kier alpha value is -2.30. The number of H-pyrrole nitrogens is 1. The Balaban J connectivity index is 2.09. The maximum Gasteiger partial charge on any atom is 0.306 e. The molecular weight excluding hydrogens is 244 g/mol. The zero-order valence-corrected chi connectivity index (χ0v) is 10.6. The van der Waals surface area contributed by atoms with Gasteiger partial charge in [0.1, 0.15) is 5.82 Å². The van der Waals surface area contributed by atoms with Gasteiger partial charge in [0.25, 0.3) is 5.56 Å². The first-order chi connectivity index (χ1) is 9.08. The number of aliphatic carboxylic acids is 1. The third-order valence-electron chi connectivity index (χ3n) is 3.07. The molecule has 100 valence electrons. The third kappa shape index (κ3) is 3.13. The van der Waals surface area contributed by atoms with Crippen LogP contribution in [0.25, 0.3) is 10.8 Å². The lowest BCUT2D eigenvalue weighted by Gasteiger charge is -2.09. The van der Waals surface area contributed by atoms with Crippen molar-refractivity contribution in [1.82, 2.24) is 4.98 Å². The molecule has 0 bridgehead atoms. The predicted octanol–water partition coefficient (Wildman–Crippen LogP) is 2.05. The van der Waals surface area contributed by atoms with Crippen LogP contribution in [-0.2, 0) is 4.79 Å². The molecule has 1 aromatic heterocycles. The Bertz CT molecular complexity index is 648. The van der Waals surface area contributed by atoms with Crippen molar-refractivity contribution in [2.75, 3.05) is 11.9 Å². The molecule has 5 nitrogen and oxygen atoms in total. The molecule has 19 heavy (non-hydrogen) atoms. The SMILES string of the molecule is CC(CCNc1cc2ccccc2c(=O)[nH]1)C(=O)O. The van der Waals surface area contributed by atoms with Gasteiger partial charge in [0, 0.05) is 11.9 Å². The zero-order chi connectivity index (χ0) is 13.8. The van der Waals surface area contributed by atoms with E-state index in [0.717, 1.165) is 5.39 Å². The average Bonchev–Trinajstić information content (AvgIpc) is 2.38. The van der Waals surface area contributed by atoms with Gasteiger partial charge in [0.2, 0.25) is 0 Å². The highest BCUT2D eigenvalue weighted by Gasteiger charge is 2.10. The van der Waals surface area contributed by atoms with Crippen LogP contribution < -0.4 is 10.9 Å². The topological polar surface area (TPSA) is 82.2 Å². The van der Waals surface area contributed by atoms with Gasteiger partial charge in [0.05, 0.1) is 5.92 Å². The van der Waals surface area contributed by atoms with Gasteiger partial charge in [0.15, 0.2) is 0 Å². The molecule has 0 aliphatic heterocycles. The Labute approximate surface area is 110 Å². The lowest BCUT2D eigenvalue weighted by atomic mass is 10.1. The number of nitrogens with one attached hydrogen (secondary N) is 2. The highest BCUT2D eigenvalue weighted by atomic mass is 16.4. The second kappa shape index (κ2) is 5.56. The van der Waals surface area contributed by atoms with Crippen LogP contribution in [0.15, 0.2) is 35.1 Å². The molecule has 2 aromatic rings. The van der Waals surface area contributed by atoms with E-state index in [0.29, 0.717) is 24.2 Å². The second-order valence-electron chi connectivity index (χ2n) is 4.55. The number of hydrogen-bond acceptors (Lipinski definition) is 3. The Morgan fingerprint density at radius 3 is 2.89 bits per heavy atom. The number of carboxylic acids is 1. The van der Waals surface area contributed by atoms with Gasteiger partial charge in [-0.1, -0.05) is 25.1 Å². The summed E-state index contributed by atoms with van der Waals surface area (Å²) in [6.07, 6.45) is 0.504. The Morgan fingerprint density at radius 1 is 1.42 bits per heavy atom. The van der Waals surface area contributed by atoms with Gasteiger partial charge in [-0.05, 0) is 23.9 Å². The van der Waals surface area contributed by atoms with Crippen LogP contribution in [0, 0.1) is 5.92 Å². The van der Waals surface area contributed by atoms with Crippen molar-refractivity contribution >= 4 is 22.6 Å². The number of benzene rings is 1. The molecule has 0 aliphatic rings. The predicted molar refractivity (Wildman–Crippen MR) is 74.5 cm³/mol. The van der Waals surface area contributed by atoms with Crippen LogP contribution >= 0.6 is 0 Å². The summed E-state index contributed by atoms with van der Waals surface area (Å²) in [5, 5.41) is 13.3. The molecule has 0 radical (unpaired) electrons. The minimum absolute atomic E-state index is 0.146. The van der Waals surface area contributed by atoms with Crippen LogP contribution in [-0.4, -0.2) is 22.6 Å². The molecule has 5 heteroatoms. The lowest BCUT2D eigenvalue weighted by molar-refractivity contribution is -0.141. The Morgan fingerprint density at radius 2 is 2.16 bits per heavy atom. The van der Waals surface area contributed by atoms with Crippen molar-refractivity contribution in [3.8, 4) is 0 Å². The first kappa shape index (κ1) is 13.1. The van der Waals surface area contributed by atoms with Crippen LogP contribution in [0.1, 0.15) is 13.3 Å². The van der Waals surface area contributed by atoms with E-state index >= 15 is 0 Å². The van der Waals surface area contributed by atoms with E-state index in [1.807, 2.05) is 24.3 Å². The summed E-state index contributed by atoms with van der Waals surface area (Å²) in [6.45, 7) is 2.16. The molecule has 2 rings (SSSR count). The quantitative estimate of drug-likeness (QED) is 0.768. The molecule has 0 aliphatic carbocycles. The number of carboxylic acid groups (broad SMARTS) is 1. The van der Waals surface area contributed by atoms with E-state index in [1.165, 1.54) is 0 Å². The Kier molecular flexibility index (Phi) is 3.85. The molecule has 0 spiro atoms. The number of aromatic amines is 1. The summed E-state index contributed by atoms with van der Waals surface area (Å²) in [5.74, 6) is -0.602. The first-order valence-corrected chi connectivity index (χ1v) is 6.16. The monoisotopic (exact) mass is 260 g/mol. The van der Waals surface area contributed by atoms with Crippen molar-refractivity contribution in [1.29, 1.82) is 0 Å². The molecule has 1 unspecified atom stereocenters. The van der Waals surface area contributed by atoms with E-state index in [1.54, 1.807) is 13.0 Å². The van der Waals surface area contributed by atoms with E-state index in [4.69, 9.17) is 5.11 Å². The number of carbonyl (C=O) groups is 1. The van der Waals surface area contributed by atoms with Crippen molar-refractivity contribution in [3.63, 3.8) is 0 Å². The molecule has 1 atom stereocenters. The van der Waals surface area contributed by atoms with Crippen LogP contribution in [0.3, 0.4) is 0 Å². The lowest BCUT2D eigenvalue weighted by Crippen LogP contribution is -2.16. The minimum Gasteiger partial charge on any atom is -0.481 e. The van der Waals surface area contributed by atoms with Crippen LogP contribution in [0.4, 0.5) is 5.82 Å². The van der Waals surface area contributed by atoms with Crippen molar-refractivity contribution in [3.05, 3.63) is 40.7 Å². The van der Waals surface area contributed by atoms with Gasteiger partial charge in [-0.3, -0.25) is 9.59 Å². The van der Waals surface area contributed by atoms with Gasteiger partial charge in [-0.25, -0.2) is 0 Å². The second-order valence-corrected chi connectivity index (χ2v) is 4.55. The molecule has 1 heterocycles. The number of pyridine rings is 1. The molecule has 0 saturated heterocycles. The van der Waals surface area contributed by atoms with E-state index in [-0.39, 0.29) is 5.56 Å². The van der Waals surface area contributed by atoms with Crippen molar-refractivity contribution in [2.24, 2.45) is 5.92 Å². The van der Waals surface area contributed by atoms with Gasteiger partial charge in [-0.2, -0.15) is 0 Å². The smallest absolute Gasteiger partial charge is 0.306 e. The third-order valence-corrected chi connectivity index (χ3v) is 3.07. The largest absolute Gasteiger partial charge is 0.481 e. The molecule has 1 aromatic carbocycles. The summed E-state index contributed by atoms with van der Waals surface area (Å²) in [4.78, 5) is 25.2. The number of hydrogen-bond donors (Lipinski definition) is 3. The fraction of sp³-hybridized carbons (Fsp3) is 0.286. The number of anilines is 1. The maximum atomic E-state index is 11.8. The molecule has 3 N–H and O–H groups in total. The average molecular weight is 260 g/mol. The summed E-state index contributed by atoms with van der Waals surface area (Å²) < 4.78 is 0. The van der Waals surface area contributed by atoms with Gasteiger partial charge >= 0.3 is 5.97 Å². The fourth-order valence-corrected chi connectivity index (χ4v) is 1.85.